The fourth-order valence-corrected chi connectivity index (χ4v) is 5.30. The second-order valence-corrected chi connectivity index (χ2v) is 9.94. The summed E-state index contributed by atoms with van der Waals surface area (Å²) in [5.41, 5.74) is 10.8. The van der Waals surface area contributed by atoms with Gasteiger partial charge in [-0.25, -0.2) is 14.4 Å². The number of hydrogen-bond donors (Lipinski definition) is 2. The summed E-state index contributed by atoms with van der Waals surface area (Å²) >= 11 is 0. The summed E-state index contributed by atoms with van der Waals surface area (Å²) < 4.78 is 20.5. The number of fused-ring (bicyclic) bond motifs is 3. The van der Waals surface area contributed by atoms with E-state index in [1.54, 1.807) is 25.5 Å². The lowest BCUT2D eigenvalue weighted by Crippen LogP contribution is -2.24. The molecule has 2 aromatic heterocycles. The Morgan fingerprint density at radius 1 is 1.24 bits per heavy atom. The third-order valence-corrected chi connectivity index (χ3v) is 7.35. The molecule has 8 nitrogen and oxygen atoms in total. The van der Waals surface area contributed by atoms with Gasteiger partial charge in [-0.15, -0.1) is 0 Å². The molecule has 0 amide bonds. The van der Waals surface area contributed by atoms with E-state index in [1.165, 1.54) is 6.07 Å². The van der Waals surface area contributed by atoms with Crippen molar-refractivity contribution in [1.82, 2.24) is 19.9 Å². The Bertz CT molecular complexity index is 1280. The molecule has 2 unspecified atom stereocenters. The molecule has 3 N–H and O–H groups in total. The van der Waals surface area contributed by atoms with Gasteiger partial charge in [-0.1, -0.05) is 13.8 Å². The summed E-state index contributed by atoms with van der Waals surface area (Å²) in [6.07, 6.45) is 5.94. The number of halogens is 1. The summed E-state index contributed by atoms with van der Waals surface area (Å²) in [6.45, 7) is 5.78. The maximum atomic E-state index is 14.5. The van der Waals surface area contributed by atoms with E-state index in [0.717, 1.165) is 65.6 Å². The zero-order valence-electron chi connectivity index (χ0n) is 19.6. The number of nitrogens with zero attached hydrogens (tertiary/aromatic N) is 5. The third-order valence-electron chi connectivity index (χ3n) is 7.35. The monoisotopic (exact) mass is 461 g/mol. The first kappa shape index (κ1) is 21.2. The summed E-state index contributed by atoms with van der Waals surface area (Å²) in [6, 6.07) is 3.59. The van der Waals surface area contributed by atoms with E-state index in [1.807, 2.05) is 13.8 Å². The van der Waals surface area contributed by atoms with E-state index in [-0.39, 0.29) is 29.2 Å². The maximum Gasteiger partial charge on any atom is 0.324 e. The van der Waals surface area contributed by atoms with E-state index in [0.29, 0.717) is 12.2 Å². The van der Waals surface area contributed by atoms with E-state index < -0.39 is 0 Å². The van der Waals surface area contributed by atoms with E-state index in [2.05, 4.69) is 20.2 Å². The summed E-state index contributed by atoms with van der Waals surface area (Å²) in [5.74, 6) is 1.96. The molecule has 1 aliphatic heterocycles. The fraction of sp³-hybridized carbons (Fsp3) is 0.440. The summed E-state index contributed by atoms with van der Waals surface area (Å²) in [7, 11) is 1.80. The lowest BCUT2D eigenvalue weighted by Gasteiger charge is -2.22. The molecular formula is C25H28FN7O. The molecule has 0 radical (unpaired) electrons. The van der Waals surface area contributed by atoms with Crippen molar-refractivity contribution >= 4 is 11.5 Å². The third kappa shape index (κ3) is 3.37. The molecule has 1 spiro atoms. The molecule has 2 fully saturated rings. The smallest absolute Gasteiger partial charge is 0.324 e. The van der Waals surface area contributed by atoms with E-state index >= 15 is 0 Å². The Morgan fingerprint density at radius 2 is 2.00 bits per heavy atom. The Kier molecular flexibility index (Phi) is 4.74. The molecule has 2 aliphatic carbocycles. The molecule has 6 rings (SSSR count). The second-order valence-electron chi connectivity index (χ2n) is 9.94. The Balaban J connectivity index is 1.42. The number of aromatic nitrogens is 4. The minimum absolute atomic E-state index is 0.166. The second kappa shape index (κ2) is 7.59. The van der Waals surface area contributed by atoms with Crippen LogP contribution in [0.1, 0.15) is 49.7 Å². The number of nitrogens with one attached hydrogen (secondary N) is 1. The van der Waals surface area contributed by atoms with Crippen LogP contribution in [0.3, 0.4) is 0 Å². The van der Waals surface area contributed by atoms with Gasteiger partial charge >= 0.3 is 6.01 Å². The van der Waals surface area contributed by atoms with Crippen LogP contribution < -0.4 is 20.7 Å². The van der Waals surface area contributed by atoms with Gasteiger partial charge in [-0.05, 0) is 36.1 Å². The minimum Gasteiger partial charge on any atom is -0.421 e. The van der Waals surface area contributed by atoms with Crippen molar-refractivity contribution in [1.29, 1.82) is 0 Å². The topological polar surface area (TPSA) is 102 Å². The standard InChI is InChI=1S/C25H28FN7O/c1-13(2)22-29-10-15(11-30-22)34-24-31-19-8-16-17(6-14(26)7-18(16)28-3)21(19)23(32-24)33-5-4-25(12-33)9-20(25)27/h6-7,10-11,13,20,28H,4-5,8-9,12,27H2,1-3H3. The van der Waals surface area contributed by atoms with E-state index in [4.69, 9.17) is 20.4 Å². The van der Waals surface area contributed by atoms with Crippen molar-refractivity contribution in [3.05, 3.63) is 47.4 Å². The normalized spacial score (nSPS) is 22.3. The highest BCUT2D eigenvalue weighted by molar-refractivity contribution is 5.88. The highest BCUT2D eigenvalue weighted by Crippen LogP contribution is 2.54. The Morgan fingerprint density at radius 3 is 2.65 bits per heavy atom. The van der Waals surface area contributed by atoms with Crippen molar-refractivity contribution in [2.24, 2.45) is 11.1 Å². The molecule has 2 atom stereocenters. The van der Waals surface area contributed by atoms with Crippen LogP contribution in [0.2, 0.25) is 0 Å². The molecule has 1 aromatic carbocycles. The van der Waals surface area contributed by atoms with Crippen molar-refractivity contribution in [3.63, 3.8) is 0 Å². The van der Waals surface area contributed by atoms with Gasteiger partial charge in [0.25, 0.3) is 0 Å². The van der Waals surface area contributed by atoms with Crippen molar-refractivity contribution in [3.8, 4) is 22.9 Å². The van der Waals surface area contributed by atoms with Crippen LogP contribution in [-0.4, -0.2) is 46.1 Å². The Hall–Kier alpha value is -3.33. The van der Waals surface area contributed by atoms with Crippen molar-refractivity contribution < 1.29 is 9.13 Å². The van der Waals surface area contributed by atoms with Gasteiger partial charge in [0.2, 0.25) is 0 Å². The van der Waals surface area contributed by atoms with Crippen LogP contribution in [0.25, 0.3) is 11.1 Å². The van der Waals surface area contributed by atoms with Crippen LogP contribution >= 0.6 is 0 Å². The first-order chi connectivity index (χ1) is 16.4. The van der Waals surface area contributed by atoms with Crippen LogP contribution in [0, 0.1) is 11.2 Å². The average molecular weight is 462 g/mol. The zero-order chi connectivity index (χ0) is 23.6. The van der Waals surface area contributed by atoms with Crippen LogP contribution in [0.15, 0.2) is 24.5 Å². The number of ether oxygens (including phenoxy) is 1. The van der Waals surface area contributed by atoms with Crippen LogP contribution in [0.5, 0.6) is 11.8 Å². The molecular weight excluding hydrogens is 433 g/mol. The van der Waals surface area contributed by atoms with Gasteiger partial charge in [-0.2, -0.15) is 9.97 Å². The minimum atomic E-state index is -0.285. The predicted octanol–water partition coefficient (Wildman–Crippen LogP) is 3.86. The zero-order valence-corrected chi connectivity index (χ0v) is 19.6. The van der Waals surface area contributed by atoms with Gasteiger partial charge in [0, 0.05) is 55.2 Å². The fourth-order valence-electron chi connectivity index (χ4n) is 5.30. The number of anilines is 2. The Labute approximate surface area is 197 Å². The molecule has 3 heterocycles. The molecule has 1 saturated carbocycles. The number of benzene rings is 1. The molecule has 3 aliphatic rings. The molecule has 176 valence electrons. The molecule has 34 heavy (non-hydrogen) atoms. The first-order valence-corrected chi connectivity index (χ1v) is 11.8. The van der Waals surface area contributed by atoms with Crippen LogP contribution in [0.4, 0.5) is 15.9 Å². The summed E-state index contributed by atoms with van der Waals surface area (Å²) in [5, 5.41) is 3.12. The average Bonchev–Trinajstić information content (AvgIpc) is 3.12. The van der Waals surface area contributed by atoms with E-state index in [9.17, 15) is 4.39 Å². The number of rotatable bonds is 5. The van der Waals surface area contributed by atoms with Crippen molar-refractivity contribution in [2.45, 2.75) is 45.1 Å². The van der Waals surface area contributed by atoms with Gasteiger partial charge in [0.15, 0.2) is 5.75 Å². The number of nitrogens with two attached hydrogens (primary N) is 1. The molecule has 0 bridgehead atoms. The highest BCUT2D eigenvalue weighted by Gasteiger charge is 2.56. The molecule has 1 saturated heterocycles. The maximum absolute atomic E-state index is 14.5. The van der Waals surface area contributed by atoms with Gasteiger partial charge in [-0.3, -0.25) is 0 Å². The lowest BCUT2D eigenvalue weighted by molar-refractivity contribution is 0.434. The highest BCUT2D eigenvalue weighted by atomic mass is 19.1. The van der Waals surface area contributed by atoms with Gasteiger partial charge in [0.05, 0.1) is 18.1 Å². The lowest BCUT2D eigenvalue weighted by atomic mass is 10.0. The quantitative estimate of drug-likeness (QED) is 0.462. The van der Waals surface area contributed by atoms with Crippen LogP contribution in [-0.2, 0) is 6.42 Å². The number of hydrogen-bond acceptors (Lipinski definition) is 8. The van der Waals surface area contributed by atoms with Gasteiger partial charge < -0.3 is 20.7 Å². The van der Waals surface area contributed by atoms with Crippen molar-refractivity contribution in [2.75, 3.05) is 30.4 Å². The summed E-state index contributed by atoms with van der Waals surface area (Å²) in [4.78, 5) is 20.6. The predicted molar refractivity (Wildman–Crippen MR) is 128 cm³/mol. The molecule has 3 aromatic rings. The van der Waals surface area contributed by atoms with Gasteiger partial charge in [0.1, 0.15) is 17.5 Å². The largest absolute Gasteiger partial charge is 0.421 e. The molecule has 9 heteroatoms. The SMILES string of the molecule is CNc1cc(F)cc2c1Cc1nc(Oc3cnc(C(C)C)nc3)nc(N3CCC4(CC4N)C3)c1-2. The first-order valence-electron chi connectivity index (χ1n) is 11.8.